The number of carbonyl (C=O) groups is 1. The average molecular weight is 300 g/mol. The SMILES string of the molecule is CC(=O)[C@@H](C)Oc1cc(C)cc2oc(=O)c3c(c12)CCCC3. The number of ketones is 1. The highest BCUT2D eigenvalue weighted by atomic mass is 16.5. The molecule has 0 unspecified atom stereocenters. The van der Waals surface area contributed by atoms with E-state index in [1.54, 1.807) is 6.92 Å². The Morgan fingerprint density at radius 3 is 2.59 bits per heavy atom. The van der Waals surface area contributed by atoms with Gasteiger partial charge in [0, 0.05) is 5.56 Å². The second kappa shape index (κ2) is 5.59. The van der Waals surface area contributed by atoms with Crippen molar-refractivity contribution in [2.45, 2.75) is 52.6 Å². The molecule has 0 N–H and O–H groups in total. The highest BCUT2D eigenvalue weighted by Gasteiger charge is 2.22. The minimum atomic E-state index is -0.517. The van der Waals surface area contributed by atoms with Crippen LogP contribution in [-0.2, 0) is 17.6 Å². The maximum absolute atomic E-state index is 12.2. The lowest BCUT2D eigenvalue weighted by Crippen LogP contribution is -2.22. The minimum absolute atomic E-state index is 0.0269. The van der Waals surface area contributed by atoms with Gasteiger partial charge >= 0.3 is 5.63 Å². The maximum atomic E-state index is 12.2. The summed E-state index contributed by atoms with van der Waals surface area (Å²) in [6.45, 7) is 5.17. The van der Waals surface area contributed by atoms with Crippen molar-refractivity contribution in [3.05, 3.63) is 39.2 Å². The van der Waals surface area contributed by atoms with Crippen LogP contribution in [0.15, 0.2) is 21.3 Å². The summed E-state index contributed by atoms with van der Waals surface area (Å²) in [4.78, 5) is 23.7. The molecule has 1 aromatic carbocycles. The van der Waals surface area contributed by atoms with Crippen LogP contribution in [0.4, 0.5) is 0 Å². The van der Waals surface area contributed by atoms with Crippen molar-refractivity contribution < 1.29 is 13.9 Å². The minimum Gasteiger partial charge on any atom is -0.482 e. The number of hydrogen-bond acceptors (Lipinski definition) is 4. The molecule has 116 valence electrons. The average Bonchev–Trinajstić information content (AvgIpc) is 2.46. The smallest absolute Gasteiger partial charge is 0.339 e. The van der Waals surface area contributed by atoms with E-state index in [-0.39, 0.29) is 11.4 Å². The molecule has 1 atom stereocenters. The van der Waals surface area contributed by atoms with Crippen molar-refractivity contribution in [2.75, 3.05) is 0 Å². The molecule has 1 heterocycles. The lowest BCUT2D eigenvalue weighted by molar-refractivity contribution is -0.122. The predicted molar refractivity (Wildman–Crippen MR) is 84.6 cm³/mol. The summed E-state index contributed by atoms with van der Waals surface area (Å²) in [5, 5.41) is 0.855. The van der Waals surface area contributed by atoms with Gasteiger partial charge in [-0.1, -0.05) is 0 Å². The molecule has 0 saturated heterocycles. The van der Waals surface area contributed by atoms with Gasteiger partial charge in [0.2, 0.25) is 0 Å². The largest absolute Gasteiger partial charge is 0.482 e. The zero-order valence-corrected chi connectivity index (χ0v) is 13.2. The molecule has 0 bridgehead atoms. The first-order valence-corrected chi connectivity index (χ1v) is 7.73. The van der Waals surface area contributed by atoms with E-state index < -0.39 is 6.10 Å². The van der Waals surface area contributed by atoms with Crippen molar-refractivity contribution in [3.8, 4) is 5.75 Å². The Labute approximate surface area is 129 Å². The molecule has 0 radical (unpaired) electrons. The first-order chi connectivity index (χ1) is 10.5. The van der Waals surface area contributed by atoms with Crippen molar-refractivity contribution in [3.63, 3.8) is 0 Å². The van der Waals surface area contributed by atoms with Gasteiger partial charge in [-0.3, -0.25) is 4.79 Å². The lowest BCUT2D eigenvalue weighted by Gasteiger charge is -2.20. The molecule has 0 fully saturated rings. The van der Waals surface area contributed by atoms with Crippen LogP contribution in [0.25, 0.3) is 11.0 Å². The monoisotopic (exact) mass is 300 g/mol. The Morgan fingerprint density at radius 1 is 1.23 bits per heavy atom. The van der Waals surface area contributed by atoms with Crippen LogP contribution < -0.4 is 10.4 Å². The fraction of sp³-hybridized carbons (Fsp3) is 0.444. The molecule has 22 heavy (non-hydrogen) atoms. The van der Waals surface area contributed by atoms with E-state index in [9.17, 15) is 9.59 Å². The second-order valence-electron chi connectivity index (χ2n) is 6.06. The molecule has 1 aromatic heterocycles. The second-order valence-corrected chi connectivity index (χ2v) is 6.06. The van der Waals surface area contributed by atoms with Crippen LogP contribution in [0.5, 0.6) is 5.75 Å². The molecule has 0 aliphatic heterocycles. The Bertz CT molecular complexity index is 801. The first-order valence-electron chi connectivity index (χ1n) is 7.73. The van der Waals surface area contributed by atoms with Crippen LogP contribution in [-0.4, -0.2) is 11.9 Å². The van der Waals surface area contributed by atoms with E-state index in [0.29, 0.717) is 11.3 Å². The van der Waals surface area contributed by atoms with Crippen LogP contribution in [0, 0.1) is 6.92 Å². The fourth-order valence-electron chi connectivity index (χ4n) is 3.03. The molecular formula is C18H20O4. The van der Waals surface area contributed by atoms with Crippen LogP contribution in [0.3, 0.4) is 0 Å². The number of rotatable bonds is 3. The Morgan fingerprint density at radius 2 is 1.91 bits per heavy atom. The third-order valence-electron chi connectivity index (χ3n) is 4.31. The highest BCUT2D eigenvalue weighted by molar-refractivity contribution is 5.89. The van der Waals surface area contributed by atoms with Gasteiger partial charge in [-0.25, -0.2) is 4.79 Å². The zero-order chi connectivity index (χ0) is 15.9. The van der Waals surface area contributed by atoms with E-state index in [1.807, 2.05) is 19.1 Å². The van der Waals surface area contributed by atoms with Gasteiger partial charge in [0.1, 0.15) is 11.3 Å². The maximum Gasteiger partial charge on any atom is 0.339 e. The summed E-state index contributed by atoms with van der Waals surface area (Å²) in [6, 6.07) is 3.77. The van der Waals surface area contributed by atoms with Gasteiger partial charge in [0.25, 0.3) is 0 Å². The van der Waals surface area contributed by atoms with Gasteiger partial charge in [0.05, 0.1) is 5.39 Å². The molecule has 4 heteroatoms. The van der Waals surface area contributed by atoms with Gasteiger partial charge in [0.15, 0.2) is 11.9 Å². The molecule has 0 saturated carbocycles. The van der Waals surface area contributed by atoms with Crippen LogP contribution >= 0.6 is 0 Å². The standard InChI is InChI=1S/C18H20O4/c1-10-8-15(21-12(3)11(2)19)17-13-6-4-5-7-14(13)18(20)22-16(17)9-10/h8-9,12H,4-7H2,1-3H3/t12-/m1/s1. The summed E-state index contributed by atoms with van der Waals surface area (Å²) in [5.74, 6) is 0.612. The first kappa shape index (κ1) is 14.8. The number of ether oxygens (including phenoxy) is 1. The number of fused-ring (bicyclic) bond motifs is 3. The number of Topliss-reactive ketones (excluding diaryl/α,β-unsaturated/α-hetero) is 1. The fourth-order valence-corrected chi connectivity index (χ4v) is 3.03. The molecule has 0 spiro atoms. The van der Waals surface area contributed by atoms with E-state index >= 15 is 0 Å². The van der Waals surface area contributed by atoms with Crippen molar-refractivity contribution in [2.24, 2.45) is 0 Å². The van der Waals surface area contributed by atoms with Gasteiger partial charge in [-0.15, -0.1) is 0 Å². The number of carbonyl (C=O) groups excluding carboxylic acids is 1. The summed E-state index contributed by atoms with van der Waals surface area (Å²) in [5.41, 5.74) is 3.05. The highest BCUT2D eigenvalue weighted by Crippen LogP contribution is 2.35. The number of aryl methyl sites for hydroxylation is 2. The summed E-state index contributed by atoms with van der Waals surface area (Å²) >= 11 is 0. The number of hydrogen-bond donors (Lipinski definition) is 0. The predicted octanol–water partition coefficient (Wildman–Crippen LogP) is 3.34. The zero-order valence-electron chi connectivity index (χ0n) is 13.2. The third kappa shape index (κ3) is 2.54. The lowest BCUT2D eigenvalue weighted by atomic mass is 9.90. The third-order valence-corrected chi connectivity index (χ3v) is 4.31. The Hall–Kier alpha value is -2.10. The molecule has 3 rings (SSSR count). The topological polar surface area (TPSA) is 56.5 Å². The van der Waals surface area contributed by atoms with Gasteiger partial charge in [-0.2, -0.15) is 0 Å². The number of benzene rings is 1. The molecule has 2 aromatic rings. The van der Waals surface area contributed by atoms with Crippen LogP contribution in [0.2, 0.25) is 0 Å². The Kier molecular flexibility index (Phi) is 3.77. The van der Waals surface area contributed by atoms with Crippen LogP contribution in [0.1, 0.15) is 43.4 Å². The Balaban J connectivity index is 2.26. The van der Waals surface area contributed by atoms with Gasteiger partial charge < -0.3 is 9.15 Å². The molecular weight excluding hydrogens is 280 g/mol. The van der Waals surface area contributed by atoms with E-state index in [2.05, 4.69) is 0 Å². The molecule has 4 nitrogen and oxygen atoms in total. The molecule has 1 aliphatic rings. The summed E-state index contributed by atoms with van der Waals surface area (Å²) in [7, 11) is 0. The van der Waals surface area contributed by atoms with E-state index in [4.69, 9.17) is 9.15 Å². The molecule has 1 aliphatic carbocycles. The van der Waals surface area contributed by atoms with Crippen molar-refractivity contribution in [1.29, 1.82) is 0 Å². The van der Waals surface area contributed by atoms with Crippen molar-refractivity contribution >= 4 is 16.8 Å². The van der Waals surface area contributed by atoms with E-state index in [1.165, 1.54) is 6.92 Å². The summed E-state index contributed by atoms with van der Waals surface area (Å²) < 4.78 is 11.4. The quantitative estimate of drug-likeness (QED) is 0.816. The molecule has 0 amide bonds. The van der Waals surface area contributed by atoms with Crippen molar-refractivity contribution in [1.82, 2.24) is 0 Å². The van der Waals surface area contributed by atoms with Gasteiger partial charge in [-0.05, 0) is 69.7 Å². The normalized spacial score (nSPS) is 15.4. The van der Waals surface area contributed by atoms with E-state index in [0.717, 1.165) is 47.8 Å². The summed E-state index contributed by atoms with van der Waals surface area (Å²) in [6.07, 6.45) is 3.15.